The van der Waals surface area contributed by atoms with E-state index in [4.69, 9.17) is 4.74 Å². The van der Waals surface area contributed by atoms with Gasteiger partial charge in [-0.1, -0.05) is 0 Å². The molecule has 1 rings (SSSR count). The Morgan fingerprint density at radius 2 is 2.54 bits per heavy atom. The van der Waals surface area contributed by atoms with Crippen molar-refractivity contribution in [3.63, 3.8) is 0 Å². The first kappa shape index (κ1) is 10.9. The monoisotopic (exact) mass is 203 g/mol. The van der Waals surface area contributed by atoms with Crippen LogP contribution in [0.15, 0.2) is 0 Å². The zero-order valence-electron chi connectivity index (χ0n) is 8.04. The van der Waals surface area contributed by atoms with Crippen molar-refractivity contribution >= 4 is 17.7 Å². The van der Waals surface area contributed by atoms with Crippen molar-refractivity contribution in [2.24, 2.45) is 5.92 Å². The average molecular weight is 203 g/mol. The number of ether oxygens (including phenoxy) is 1. The smallest absolute Gasteiger partial charge is 0.319 e. The molecule has 0 aromatic rings. The Kier molecular flexibility index (Phi) is 5.23. The van der Waals surface area contributed by atoms with E-state index < -0.39 is 0 Å². The molecule has 0 aromatic heterocycles. The summed E-state index contributed by atoms with van der Waals surface area (Å²) >= 11 is 2.00. The number of esters is 1. The number of carbonyl (C=O) groups is 1. The Morgan fingerprint density at radius 1 is 1.69 bits per heavy atom. The first-order valence-corrected chi connectivity index (χ1v) is 5.92. The van der Waals surface area contributed by atoms with Crippen LogP contribution in [0, 0.1) is 5.92 Å². The lowest BCUT2D eigenvalue weighted by Gasteiger charge is -2.08. The lowest BCUT2D eigenvalue weighted by Crippen LogP contribution is -2.29. The van der Waals surface area contributed by atoms with Gasteiger partial charge in [-0.3, -0.25) is 4.79 Å². The Balaban J connectivity index is 1.96. The lowest BCUT2D eigenvalue weighted by molar-refractivity contribution is -0.142. The minimum atomic E-state index is -0.145. The van der Waals surface area contributed by atoms with Crippen molar-refractivity contribution in [1.29, 1.82) is 0 Å². The van der Waals surface area contributed by atoms with Gasteiger partial charge >= 0.3 is 5.97 Å². The molecule has 0 bridgehead atoms. The van der Waals surface area contributed by atoms with Crippen molar-refractivity contribution in [2.45, 2.75) is 13.3 Å². The molecule has 1 aliphatic heterocycles. The van der Waals surface area contributed by atoms with Gasteiger partial charge in [-0.2, -0.15) is 11.8 Å². The number of carbonyl (C=O) groups excluding carboxylic acids is 1. The van der Waals surface area contributed by atoms with Gasteiger partial charge in [0, 0.05) is 0 Å². The quantitative estimate of drug-likeness (QED) is 0.674. The maximum Gasteiger partial charge on any atom is 0.319 e. The number of nitrogens with one attached hydrogen (secondary N) is 1. The second-order valence-electron chi connectivity index (χ2n) is 3.17. The van der Waals surface area contributed by atoms with Crippen LogP contribution in [0.3, 0.4) is 0 Å². The third-order valence-electron chi connectivity index (χ3n) is 2.03. The Hall–Kier alpha value is -0.220. The van der Waals surface area contributed by atoms with Crippen LogP contribution in [0.1, 0.15) is 13.3 Å². The minimum absolute atomic E-state index is 0.145. The van der Waals surface area contributed by atoms with E-state index in [0.29, 0.717) is 13.2 Å². The molecule has 0 amide bonds. The van der Waals surface area contributed by atoms with Gasteiger partial charge in [0.15, 0.2) is 0 Å². The van der Waals surface area contributed by atoms with Crippen molar-refractivity contribution in [3.8, 4) is 0 Å². The van der Waals surface area contributed by atoms with Gasteiger partial charge in [-0.05, 0) is 37.3 Å². The Morgan fingerprint density at radius 3 is 3.15 bits per heavy atom. The predicted molar refractivity (Wildman–Crippen MR) is 54.9 cm³/mol. The van der Waals surface area contributed by atoms with E-state index in [1.54, 1.807) is 0 Å². The summed E-state index contributed by atoms with van der Waals surface area (Å²) in [7, 11) is 0. The summed E-state index contributed by atoms with van der Waals surface area (Å²) in [5.41, 5.74) is 0. The van der Waals surface area contributed by atoms with Crippen molar-refractivity contribution in [1.82, 2.24) is 5.32 Å². The molecular weight excluding hydrogens is 186 g/mol. The van der Waals surface area contributed by atoms with Gasteiger partial charge in [-0.25, -0.2) is 0 Å². The Bertz CT molecular complexity index is 158. The summed E-state index contributed by atoms with van der Waals surface area (Å²) in [4.78, 5) is 10.9. The molecule has 1 saturated heterocycles. The number of thioether (sulfide) groups is 1. The molecular formula is C9H17NO2S. The summed E-state index contributed by atoms with van der Waals surface area (Å²) < 4.78 is 4.80. The highest BCUT2D eigenvalue weighted by Crippen LogP contribution is 2.22. The van der Waals surface area contributed by atoms with Gasteiger partial charge in [-0.15, -0.1) is 0 Å². The first-order chi connectivity index (χ1) is 6.33. The number of hydrogen-bond donors (Lipinski definition) is 1. The second-order valence-corrected chi connectivity index (χ2v) is 4.32. The maximum atomic E-state index is 10.9. The number of rotatable bonds is 5. The second kappa shape index (κ2) is 6.27. The molecule has 4 heteroatoms. The molecule has 0 spiro atoms. The maximum absolute atomic E-state index is 10.9. The van der Waals surface area contributed by atoms with Gasteiger partial charge in [0.2, 0.25) is 0 Å². The molecule has 3 nitrogen and oxygen atoms in total. The van der Waals surface area contributed by atoms with Crippen LogP contribution >= 0.6 is 11.8 Å². The highest BCUT2D eigenvalue weighted by atomic mass is 32.2. The molecule has 1 N–H and O–H groups in total. The van der Waals surface area contributed by atoms with E-state index in [-0.39, 0.29) is 5.97 Å². The lowest BCUT2D eigenvalue weighted by atomic mass is 10.1. The van der Waals surface area contributed by atoms with E-state index >= 15 is 0 Å². The minimum Gasteiger partial charge on any atom is -0.465 e. The standard InChI is InChI=1S/C9H17NO2S/c1-2-12-9(11)6-10-5-8-3-4-13-7-8/h8,10H,2-7H2,1H3. The van der Waals surface area contributed by atoms with E-state index in [1.807, 2.05) is 18.7 Å². The molecule has 76 valence electrons. The molecule has 1 aliphatic rings. The molecule has 13 heavy (non-hydrogen) atoms. The van der Waals surface area contributed by atoms with Crippen LogP contribution in [0.4, 0.5) is 0 Å². The zero-order valence-corrected chi connectivity index (χ0v) is 8.86. The predicted octanol–water partition coefficient (Wildman–Crippen LogP) is 0.892. The molecule has 0 aliphatic carbocycles. The summed E-state index contributed by atoms with van der Waals surface area (Å²) in [6, 6.07) is 0. The number of hydrogen-bond acceptors (Lipinski definition) is 4. The third-order valence-corrected chi connectivity index (χ3v) is 3.26. The van der Waals surface area contributed by atoms with E-state index in [2.05, 4.69) is 5.32 Å². The first-order valence-electron chi connectivity index (χ1n) is 4.77. The SMILES string of the molecule is CCOC(=O)CNCC1CCSC1. The average Bonchev–Trinajstić information content (AvgIpc) is 2.57. The molecule has 0 aromatic carbocycles. The van der Waals surface area contributed by atoms with Gasteiger partial charge < -0.3 is 10.1 Å². The van der Waals surface area contributed by atoms with Crippen molar-refractivity contribution < 1.29 is 9.53 Å². The third kappa shape index (κ3) is 4.52. The molecule has 0 radical (unpaired) electrons. The van der Waals surface area contributed by atoms with Crippen LogP contribution in [0.25, 0.3) is 0 Å². The molecule has 1 atom stereocenters. The fourth-order valence-electron chi connectivity index (χ4n) is 1.33. The Labute approximate surface area is 83.6 Å². The van der Waals surface area contributed by atoms with E-state index in [0.717, 1.165) is 12.5 Å². The summed E-state index contributed by atoms with van der Waals surface area (Å²) in [5.74, 6) is 3.11. The fourth-order valence-corrected chi connectivity index (χ4v) is 2.62. The van der Waals surface area contributed by atoms with E-state index in [1.165, 1.54) is 17.9 Å². The molecule has 1 unspecified atom stereocenters. The van der Waals surface area contributed by atoms with Gasteiger partial charge in [0.1, 0.15) is 0 Å². The summed E-state index contributed by atoms with van der Waals surface area (Å²) in [5, 5.41) is 3.12. The summed E-state index contributed by atoms with van der Waals surface area (Å²) in [6.07, 6.45) is 1.28. The molecule has 0 saturated carbocycles. The highest BCUT2D eigenvalue weighted by Gasteiger charge is 2.15. The van der Waals surface area contributed by atoms with Crippen molar-refractivity contribution in [3.05, 3.63) is 0 Å². The normalized spacial score (nSPS) is 21.8. The van der Waals surface area contributed by atoms with E-state index in [9.17, 15) is 4.79 Å². The van der Waals surface area contributed by atoms with Crippen LogP contribution in [0.2, 0.25) is 0 Å². The zero-order chi connectivity index (χ0) is 9.52. The highest BCUT2D eigenvalue weighted by molar-refractivity contribution is 7.99. The van der Waals surface area contributed by atoms with Gasteiger partial charge in [0.25, 0.3) is 0 Å². The topological polar surface area (TPSA) is 38.3 Å². The van der Waals surface area contributed by atoms with Crippen molar-refractivity contribution in [2.75, 3.05) is 31.2 Å². The molecule has 1 fully saturated rings. The largest absolute Gasteiger partial charge is 0.465 e. The van der Waals surface area contributed by atoms with Crippen LogP contribution in [-0.4, -0.2) is 37.2 Å². The van der Waals surface area contributed by atoms with Crippen LogP contribution in [0.5, 0.6) is 0 Å². The summed E-state index contributed by atoms with van der Waals surface area (Å²) in [6.45, 7) is 3.60. The molecule has 1 heterocycles. The van der Waals surface area contributed by atoms with Crippen LogP contribution in [-0.2, 0) is 9.53 Å². The van der Waals surface area contributed by atoms with Gasteiger partial charge in [0.05, 0.1) is 13.2 Å². The fraction of sp³-hybridized carbons (Fsp3) is 0.889. The van der Waals surface area contributed by atoms with Crippen LogP contribution < -0.4 is 5.32 Å².